The molecule has 0 heterocycles. The molecule has 2 aliphatic rings. The van der Waals surface area contributed by atoms with Crippen LogP contribution >= 0.6 is 0 Å². The van der Waals surface area contributed by atoms with Crippen molar-refractivity contribution in [1.29, 1.82) is 0 Å². The van der Waals surface area contributed by atoms with Crippen molar-refractivity contribution in [3.8, 4) is 0 Å². The summed E-state index contributed by atoms with van der Waals surface area (Å²) in [4.78, 5) is 0. The summed E-state index contributed by atoms with van der Waals surface area (Å²) in [6.07, 6.45) is 6.86. The van der Waals surface area contributed by atoms with E-state index in [4.69, 9.17) is 0 Å². The first-order valence-corrected chi connectivity index (χ1v) is 8.89. The van der Waals surface area contributed by atoms with Gasteiger partial charge in [0.05, 0.1) is 0 Å². The maximum Gasteiger partial charge on any atom is -0.00390 e. The van der Waals surface area contributed by atoms with Gasteiger partial charge in [0.25, 0.3) is 0 Å². The predicted molar refractivity (Wildman–Crippen MR) is 92.1 cm³/mol. The standard InChI is InChI=1S/C21H32/c1-14(2)17-13-16-8-9-19-20(4,5)10-7-11-21(19,6)18(16)12-15(17)3/h12-14,19H,7-11H2,1-6H3. The van der Waals surface area contributed by atoms with Crippen LogP contribution in [0.4, 0.5) is 0 Å². The van der Waals surface area contributed by atoms with Crippen LogP contribution < -0.4 is 0 Å². The zero-order valence-corrected chi connectivity index (χ0v) is 14.8. The van der Waals surface area contributed by atoms with E-state index >= 15 is 0 Å². The largest absolute Gasteiger partial charge is 0.0596 e. The second-order valence-corrected chi connectivity index (χ2v) is 8.87. The molecule has 1 fully saturated rings. The van der Waals surface area contributed by atoms with Gasteiger partial charge in [-0.2, -0.15) is 0 Å². The lowest BCUT2D eigenvalue weighted by Gasteiger charge is -2.54. The zero-order chi connectivity index (χ0) is 15.4. The molecule has 2 atom stereocenters. The van der Waals surface area contributed by atoms with Crippen molar-refractivity contribution in [1.82, 2.24) is 0 Å². The van der Waals surface area contributed by atoms with Gasteiger partial charge in [0.1, 0.15) is 0 Å². The highest BCUT2D eigenvalue weighted by atomic mass is 14.5. The van der Waals surface area contributed by atoms with E-state index in [1.165, 1.54) is 37.7 Å². The van der Waals surface area contributed by atoms with Crippen LogP contribution in [0.3, 0.4) is 0 Å². The molecule has 0 bridgehead atoms. The molecule has 21 heavy (non-hydrogen) atoms. The molecule has 1 aromatic rings. The molecule has 2 unspecified atom stereocenters. The van der Waals surface area contributed by atoms with E-state index in [1.807, 2.05) is 0 Å². The van der Waals surface area contributed by atoms with E-state index in [1.54, 1.807) is 16.7 Å². The lowest BCUT2D eigenvalue weighted by Crippen LogP contribution is -2.47. The third-order valence-electron chi connectivity index (χ3n) is 6.66. The average molecular weight is 284 g/mol. The van der Waals surface area contributed by atoms with Gasteiger partial charge in [0.2, 0.25) is 0 Å². The van der Waals surface area contributed by atoms with E-state index in [-0.39, 0.29) is 0 Å². The SMILES string of the molecule is Cc1cc2c(cc1C(C)C)CCC1C(C)(C)CCCC21C. The van der Waals surface area contributed by atoms with E-state index in [2.05, 4.69) is 53.7 Å². The first-order valence-electron chi connectivity index (χ1n) is 8.89. The van der Waals surface area contributed by atoms with Crippen molar-refractivity contribution in [3.05, 3.63) is 34.4 Å². The number of benzene rings is 1. The highest BCUT2D eigenvalue weighted by molar-refractivity contribution is 5.45. The lowest BCUT2D eigenvalue weighted by molar-refractivity contribution is 0.0406. The Hall–Kier alpha value is -0.780. The summed E-state index contributed by atoms with van der Waals surface area (Å²) in [6, 6.07) is 5.09. The second-order valence-electron chi connectivity index (χ2n) is 8.87. The van der Waals surface area contributed by atoms with Crippen LogP contribution in [0.2, 0.25) is 0 Å². The third kappa shape index (κ3) is 2.26. The van der Waals surface area contributed by atoms with Crippen LogP contribution in [0.25, 0.3) is 0 Å². The number of aryl methyl sites for hydroxylation is 2. The summed E-state index contributed by atoms with van der Waals surface area (Å²) in [5.41, 5.74) is 7.33. The molecule has 3 rings (SSSR count). The van der Waals surface area contributed by atoms with E-state index in [9.17, 15) is 0 Å². The number of hydrogen-bond donors (Lipinski definition) is 0. The van der Waals surface area contributed by atoms with Gasteiger partial charge in [-0.1, -0.05) is 53.2 Å². The number of fused-ring (bicyclic) bond motifs is 3. The summed E-state index contributed by atoms with van der Waals surface area (Å²) in [5, 5.41) is 0. The topological polar surface area (TPSA) is 0 Å². The summed E-state index contributed by atoms with van der Waals surface area (Å²) in [5.74, 6) is 1.50. The Morgan fingerprint density at radius 2 is 1.81 bits per heavy atom. The normalized spacial score (nSPS) is 30.9. The van der Waals surface area contributed by atoms with Gasteiger partial charge in [0.15, 0.2) is 0 Å². The van der Waals surface area contributed by atoms with Crippen LogP contribution in [0.5, 0.6) is 0 Å². The molecule has 116 valence electrons. The smallest absolute Gasteiger partial charge is 0.00390 e. The summed E-state index contributed by atoms with van der Waals surface area (Å²) < 4.78 is 0. The van der Waals surface area contributed by atoms with Crippen LogP contribution in [-0.4, -0.2) is 0 Å². The molecule has 0 spiro atoms. The minimum atomic E-state index is 0.412. The maximum absolute atomic E-state index is 2.56. The number of rotatable bonds is 1. The fraction of sp³-hybridized carbons (Fsp3) is 0.714. The van der Waals surface area contributed by atoms with E-state index in [0.29, 0.717) is 16.7 Å². The van der Waals surface area contributed by atoms with Crippen molar-refractivity contribution in [2.24, 2.45) is 11.3 Å². The fourth-order valence-electron chi connectivity index (χ4n) is 5.59. The fourth-order valence-corrected chi connectivity index (χ4v) is 5.59. The lowest BCUT2D eigenvalue weighted by atomic mass is 9.50. The second kappa shape index (κ2) is 4.86. The first-order chi connectivity index (χ1) is 9.75. The first kappa shape index (κ1) is 15.1. The van der Waals surface area contributed by atoms with Crippen LogP contribution in [0.1, 0.15) is 88.5 Å². The Morgan fingerprint density at radius 3 is 2.48 bits per heavy atom. The monoisotopic (exact) mass is 284 g/mol. The van der Waals surface area contributed by atoms with Gasteiger partial charge < -0.3 is 0 Å². The molecule has 1 aromatic carbocycles. The van der Waals surface area contributed by atoms with E-state index < -0.39 is 0 Å². The molecular formula is C21H32. The minimum Gasteiger partial charge on any atom is -0.0596 e. The molecule has 1 saturated carbocycles. The van der Waals surface area contributed by atoms with Crippen molar-refractivity contribution in [2.45, 2.75) is 85.0 Å². The molecule has 0 saturated heterocycles. The van der Waals surface area contributed by atoms with Crippen LogP contribution in [0.15, 0.2) is 12.1 Å². The zero-order valence-electron chi connectivity index (χ0n) is 14.8. The molecule has 0 amide bonds. The van der Waals surface area contributed by atoms with Crippen molar-refractivity contribution in [3.63, 3.8) is 0 Å². The molecule has 0 nitrogen and oxygen atoms in total. The Bertz CT molecular complexity index is 549. The summed E-state index contributed by atoms with van der Waals surface area (Å²) >= 11 is 0. The molecule has 0 aliphatic heterocycles. The van der Waals surface area contributed by atoms with Crippen LogP contribution in [-0.2, 0) is 11.8 Å². The molecule has 0 radical (unpaired) electrons. The van der Waals surface area contributed by atoms with Gasteiger partial charge >= 0.3 is 0 Å². The molecule has 0 aromatic heterocycles. The highest BCUT2D eigenvalue weighted by Gasteiger charge is 2.49. The molecule has 0 heteroatoms. The predicted octanol–water partition coefficient (Wildman–Crippen LogP) is 6.15. The van der Waals surface area contributed by atoms with Crippen molar-refractivity contribution in [2.75, 3.05) is 0 Å². The Morgan fingerprint density at radius 1 is 1.10 bits per heavy atom. The molecule has 0 N–H and O–H groups in total. The Kier molecular flexibility index (Phi) is 3.50. The quantitative estimate of drug-likeness (QED) is 0.580. The Labute approximate surface area is 131 Å². The summed E-state index contributed by atoms with van der Waals surface area (Å²) in [7, 11) is 0. The van der Waals surface area contributed by atoms with Gasteiger partial charge in [-0.25, -0.2) is 0 Å². The third-order valence-corrected chi connectivity index (χ3v) is 6.66. The van der Waals surface area contributed by atoms with E-state index in [0.717, 1.165) is 5.92 Å². The van der Waals surface area contributed by atoms with Crippen molar-refractivity contribution < 1.29 is 0 Å². The average Bonchev–Trinajstić information content (AvgIpc) is 2.37. The summed E-state index contributed by atoms with van der Waals surface area (Å²) in [6.45, 7) is 14.5. The highest BCUT2D eigenvalue weighted by Crippen LogP contribution is 2.57. The van der Waals surface area contributed by atoms with Crippen molar-refractivity contribution >= 4 is 0 Å². The van der Waals surface area contributed by atoms with Gasteiger partial charge in [-0.3, -0.25) is 0 Å². The Balaban J connectivity index is 2.12. The molecular weight excluding hydrogens is 252 g/mol. The minimum absolute atomic E-state index is 0.412. The maximum atomic E-state index is 2.56. The van der Waals surface area contributed by atoms with Crippen LogP contribution in [0, 0.1) is 18.3 Å². The van der Waals surface area contributed by atoms with Gasteiger partial charge in [-0.05, 0) is 77.5 Å². The van der Waals surface area contributed by atoms with Gasteiger partial charge in [0, 0.05) is 0 Å². The molecule has 2 aliphatic carbocycles. The number of hydrogen-bond acceptors (Lipinski definition) is 0. The van der Waals surface area contributed by atoms with Gasteiger partial charge in [-0.15, -0.1) is 0 Å².